The van der Waals surface area contributed by atoms with Crippen molar-refractivity contribution in [1.82, 2.24) is 5.32 Å². The molecule has 4 heteroatoms. The van der Waals surface area contributed by atoms with Gasteiger partial charge in [0.2, 0.25) is 0 Å². The number of amides is 1. The van der Waals surface area contributed by atoms with Crippen molar-refractivity contribution in [3.8, 4) is 0 Å². The zero-order valence-corrected chi connectivity index (χ0v) is 16.2. The van der Waals surface area contributed by atoms with Crippen LogP contribution in [0.2, 0.25) is 0 Å². The van der Waals surface area contributed by atoms with Crippen molar-refractivity contribution in [2.45, 2.75) is 36.7 Å². The number of thioether (sulfide) groups is 2. The molecule has 0 aromatic heterocycles. The monoisotopic (exact) mass is 359 g/mol. The normalized spacial score (nSPS) is 10.8. The lowest BCUT2D eigenvalue weighted by Crippen LogP contribution is -2.26. The molecule has 0 saturated carbocycles. The van der Waals surface area contributed by atoms with Crippen LogP contribution >= 0.6 is 23.5 Å². The van der Waals surface area contributed by atoms with Gasteiger partial charge in [-0.05, 0) is 24.6 Å². The van der Waals surface area contributed by atoms with Crippen LogP contribution in [0.1, 0.15) is 35.3 Å². The molecule has 0 radical (unpaired) electrons. The van der Waals surface area contributed by atoms with Gasteiger partial charge in [0.15, 0.2) is 0 Å². The largest absolute Gasteiger partial charge is 0.351 e. The second-order valence-corrected chi connectivity index (χ2v) is 8.68. The van der Waals surface area contributed by atoms with Gasteiger partial charge in [-0.25, -0.2) is 0 Å². The molecule has 0 aliphatic heterocycles. The molecule has 2 nitrogen and oxygen atoms in total. The molecule has 0 bridgehead atoms. The second kappa shape index (κ2) is 9.80. The standard InChI is InChI=1S/C20H25NOS2/c1-15(2)24-19-10-5-4-9-18(19)20(22)21-11-12-23-14-17-8-6-7-16(3)13-17/h4-10,13,15H,11-12,14H2,1-3H3,(H,21,22). The first kappa shape index (κ1) is 18.9. The van der Waals surface area contributed by atoms with E-state index >= 15 is 0 Å². The van der Waals surface area contributed by atoms with Crippen LogP contribution in [0.25, 0.3) is 0 Å². The van der Waals surface area contributed by atoms with Gasteiger partial charge >= 0.3 is 0 Å². The van der Waals surface area contributed by atoms with Crippen LogP contribution in [0.4, 0.5) is 0 Å². The van der Waals surface area contributed by atoms with Gasteiger partial charge in [0, 0.05) is 28.2 Å². The van der Waals surface area contributed by atoms with Crippen molar-refractivity contribution in [1.29, 1.82) is 0 Å². The van der Waals surface area contributed by atoms with Crippen LogP contribution in [0.15, 0.2) is 53.4 Å². The Hall–Kier alpha value is -1.39. The van der Waals surface area contributed by atoms with E-state index in [1.165, 1.54) is 11.1 Å². The zero-order valence-electron chi connectivity index (χ0n) is 14.5. The maximum Gasteiger partial charge on any atom is 0.252 e. The molecular formula is C20H25NOS2. The molecule has 0 spiro atoms. The molecule has 0 atom stereocenters. The van der Waals surface area contributed by atoms with E-state index in [0.717, 1.165) is 22.0 Å². The van der Waals surface area contributed by atoms with Crippen LogP contribution in [0.3, 0.4) is 0 Å². The van der Waals surface area contributed by atoms with Crippen molar-refractivity contribution >= 4 is 29.4 Å². The SMILES string of the molecule is Cc1cccc(CSCCNC(=O)c2ccccc2SC(C)C)c1. The van der Waals surface area contributed by atoms with Gasteiger partial charge in [-0.15, -0.1) is 11.8 Å². The molecule has 2 rings (SSSR count). The third kappa shape index (κ3) is 6.25. The summed E-state index contributed by atoms with van der Waals surface area (Å²) in [5.74, 6) is 1.92. The lowest BCUT2D eigenvalue weighted by molar-refractivity contribution is 0.0953. The highest BCUT2D eigenvalue weighted by molar-refractivity contribution is 8.00. The zero-order chi connectivity index (χ0) is 17.4. The van der Waals surface area contributed by atoms with Crippen LogP contribution in [-0.4, -0.2) is 23.5 Å². The fraction of sp³-hybridized carbons (Fsp3) is 0.350. The first-order valence-corrected chi connectivity index (χ1v) is 10.3. The van der Waals surface area contributed by atoms with Crippen molar-refractivity contribution in [2.75, 3.05) is 12.3 Å². The van der Waals surface area contributed by atoms with Crippen molar-refractivity contribution < 1.29 is 4.79 Å². The van der Waals surface area contributed by atoms with Crippen molar-refractivity contribution in [2.24, 2.45) is 0 Å². The molecule has 0 fully saturated rings. The molecule has 0 unspecified atom stereocenters. The molecular weight excluding hydrogens is 334 g/mol. The van der Waals surface area contributed by atoms with Gasteiger partial charge < -0.3 is 5.32 Å². The van der Waals surface area contributed by atoms with Gasteiger partial charge in [-0.3, -0.25) is 4.79 Å². The molecule has 0 heterocycles. The van der Waals surface area contributed by atoms with Crippen LogP contribution < -0.4 is 5.32 Å². The summed E-state index contributed by atoms with van der Waals surface area (Å²) < 4.78 is 0. The summed E-state index contributed by atoms with van der Waals surface area (Å²) in [5, 5.41) is 3.50. The molecule has 1 N–H and O–H groups in total. The Morgan fingerprint density at radius 2 is 1.92 bits per heavy atom. The molecule has 0 aliphatic rings. The molecule has 0 saturated heterocycles. The summed E-state index contributed by atoms with van der Waals surface area (Å²) in [7, 11) is 0. The first-order valence-electron chi connectivity index (χ1n) is 8.23. The molecule has 24 heavy (non-hydrogen) atoms. The Kier molecular flexibility index (Phi) is 7.73. The van der Waals surface area contributed by atoms with Crippen LogP contribution in [0.5, 0.6) is 0 Å². The number of hydrogen-bond acceptors (Lipinski definition) is 3. The van der Waals surface area contributed by atoms with E-state index in [4.69, 9.17) is 0 Å². The highest BCUT2D eigenvalue weighted by atomic mass is 32.2. The first-order chi connectivity index (χ1) is 11.6. The van der Waals surface area contributed by atoms with Crippen LogP contribution in [-0.2, 0) is 5.75 Å². The summed E-state index contributed by atoms with van der Waals surface area (Å²) in [6.07, 6.45) is 0. The highest BCUT2D eigenvalue weighted by Crippen LogP contribution is 2.26. The van der Waals surface area contributed by atoms with Gasteiger partial charge in [-0.2, -0.15) is 11.8 Å². The van der Waals surface area contributed by atoms with Gasteiger partial charge in [0.25, 0.3) is 5.91 Å². The number of aryl methyl sites for hydroxylation is 1. The summed E-state index contributed by atoms with van der Waals surface area (Å²) in [4.78, 5) is 13.4. The van der Waals surface area contributed by atoms with E-state index in [0.29, 0.717) is 11.8 Å². The fourth-order valence-corrected chi connectivity index (χ4v) is 4.09. The van der Waals surface area contributed by atoms with Gasteiger partial charge in [0.05, 0.1) is 5.56 Å². The van der Waals surface area contributed by atoms with Crippen molar-refractivity contribution in [3.63, 3.8) is 0 Å². The lowest BCUT2D eigenvalue weighted by Gasteiger charge is -2.11. The Morgan fingerprint density at radius 3 is 2.67 bits per heavy atom. The van der Waals surface area contributed by atoms with Crippen molar-refractivity contribution in [3.05, 3.63) is 65.2 Å². The van der Waals surface area contributed by atoms with E-state index in [1.54, 1.807) is 11.8 Å². The Balaban J connectivity index is 1.77. The lowest BCUT2D eigenvalue weighted by atomic mass is 10.2. The molecule has 0 aliphatic carbocycles. The average Bonchev–Trinajstić information content (AvgIpc) is 2.54. The third-order valence-electron chi connectivity index (χ3n) is 3.38. The fourth-order valence-electron chi connectivity index (χ4n) is 2.33. The smallest absolute Gasteiger partial charge is 0.252 e. The predicted octanol–water partition coefficient (Wildman–Crippen LogP) is 5.16. The minimum atomic E-state index is 0.0231. The Morgan fingerprint density at radius 1 is 1.12 bits per heavy atom. The number of benzene rings is 2. The highest BCUT2D eigenvalue weighted by Gasteiger charge is 2.11. The predicted molar refractivity (Wildman–Crippen MR) is 107 cm³/mol. The van der Waals surface area contributed by atoms with Gasteiger partial charge in [0.1, 0.15) is 0 Å². The average molecular weight is 360 g/mol. The third-order valence-corrected chi connectivity index (χ3v) is 5.49. The Bertz CT molecular complexity index is 670. The van der Waals surface area contributed by atoms with E-state index < -0.39 is 0 Å². The minimum absolute atomic E-state index is 0.0231. The summed E-state index contributed by atoms with van der Waals surface area (Å²) in [5.41, 5.74) is 3.41. The Labute approximate surface area is 153 Å². The number of nitrogens with one attached hydrogen (secondary N) is 1. The maximum absolute atomic E-state index is 12.4. The quantitative estimate of drug-likeness (QED) is 0.521. The van der Waals surface area contributed by atoms with E-state index in [1.807, 2.05) is 36.0 Å². The number of carbonyl (C=O) groups is 1. The summed E-state index contributed by atoms with van der Waals surface area (Å²) >= 11 is 3.58. The van der Waals surface area contributed by atoms with Crippen LogP contribution in [0, 0.1) is 6.92 Å². The van der Waals surface area contributed by atoms with E-state index in [9.17, 15) is 4.79 Å². The minimum Gasteiger partial charge on any atom is -0.351 e. The molecule has 1 amide bonds. The van der Waals surface area contributed by atoms with E-state index in [-0.39, 0.29) is 5.91 Å². The summed E-state index contributed by atoms with van der Waals surface area (Å²) in [6.45, 7) is 7.08. The molecule has 2 aromatic carbocycles. The number of rotatable bonds is 8. The van der Waals surface area contributed by atoms with Gasteiger partial charge in [-0.1, -0.05) is 55.8 Å². The second-order valence-electron chi connectivity index (χ2n) is 5.96. The topological polar surface area (TPSA) is 29.1 Å². The molecule has 2 aromatic rings. The molecule has 128 valence electrons. The summed E-state index contributed by atoms with van der Waals surface area (Å²) in [6, 6.07) is 16.4. The number of hydrogen-bond donors (Lipinski definition) is 1. The maximum atomic E-state index is 12.4. The van der Waals surface area contributed by atoms with E-state index in [2.05, 4.69) is 50.4 Å². The number of carbonyl (C=O) groups excluding carboxylic acids is 1.